The van der Waals surface area contributed by atoms with Crippen LogP contribution in [0.2, 0.25) is 0 Å². The molecule has 278 valence electrons. The average Bonchev–Trinajstić information content (AvgIpc) is 3.09. The molecule has 0 N–H and O–H groups in total. The first kappa shape index (κ1) is 46.4. The number of hydrogen-bond donors (Lipinski definition) is 0. The lowest BCUT2D eigenvalue weighted by atomic mass is 10.0. The van der Waals surface area contributed by atoms with Gasteiger partial charge in [-0.05, 0) is 12.8 Å². The van der Waals surface area contributed by atoms with Gasteiger partial charge in [0, 0.05) is 37.1 Å². The minimum atomic E-state index is -3.11. The van der Waals surface area contributed by atoms with Gasteiger partial charge in [0.05, 0.1) is 0 Å². The Morgan fingerprint density at radius 2 is 0.542 bits per heavy atom. The summed E-state index contributed by atoms with van der Waals surface area (Å²) in [6.45, 7) is 6.94. The number of unbranched alkanes of at least 4 members (excludes halogenated alkanes) is 26. The number of rotatable bonds is 30. The molecule has 5 nitrogen and oxygen atoms in total. The van der Waals surface area contributed by atoms with Crippen molar-refractivity contribution in [2.24, 2.45) is 0 Å². The summed E-state index contributed by atoms with van der Waals surface area (Å²) in [7, 11) is 0. The van der Waals surface area contributed by atoms with E-state index in [1.54, 1.807) is 0 Å². The highest BCUT2D eigenvalue weighted by Crippen LogP contribution is 2.14. The Kier molecular flexibility index (Phi) is 38.5. The highest BCUT2D eigenvalue weighted by Gasteiger charge is 1.99. The van der Waals surface area contributed by atoms with E-state index in [2.05, 4.69) is 84.2 Å². The molecule has 6 heteroatoms. The van der Waals surface area contributed by atoms with Crippen molar-refractivity contribution < 1.29 is 22.4 Å². The molecule has 0 aliphatic rings. The van der Waals surface area contributed by atoms with Gasteiger partial charge in [-0.1, -0.05) is 180 Å². The van der Waals surface area contributed by atoms with E-state index in [-0.39, 0.29) is 0 Å². The molecule has 0 amide bonds. The van der Waals surface area contributed by atoms with Gasteiger partial charge in [-0.15, -0.1) is 11.4 Å². The predicted octanol–water partition coefficient (Wildman–Crippen LogP) is 11.9. The minimum Gasteiger partial charge on any atom is -0.784 e. The highest BCUT2D eigenvalue weighted by molar-refractivity contribution is 7.72. The molecule has 0 bridgehead atoms. The van der Waals surface area contributed by atoms with Gasteiger partial charge in [-0.3, -0.25) is 4.21 Å². The van der Waals surface area contributed by atoms with Crippen molar-refractivity contribution in [3.8, 4) is 0 Å². The summed E-state index contributed by atoms with van der Waals surface area (Å²) in [5.41, 5.74) is 0. The van der Waals surface area contributed by atoms with Crippen LogP contribution in [0.15, 0.2) is 61.2 Å². The molecule has 2 heterocycles. The van der Waals surface area contributed by atoms with Crippen molar-refractivity contribution in [2.45, 2.75) is 207 Å². The molecule has 0 aromatic carbocycles. The summed E-state index contributed by atoms with van der Waals surface area (Å²) in [5, 5.41) is 0. The van der Waals surface area contributed by atoms with Crippen LogP contribution in [0.1, 0.15) is 194 Å². The van der Waals surface area contributed by atoms with E-state index >= 15 is 0 Å². The summed E-state index contributed by atoms with van der Waals surface area (Å²) < 4.78 is 29.9. The fourth-order valence-electron chi connectivity index (χ4n) is 6.14. The maximum absolute atomic E-state index is 8.44. The van der Waals surface area contributed by atoms with Gasteiger partial charge in [0.15, 0.2) is 24.8 Å². The third-order valence-electron chi connectivity index (χ3n) is 9.09. The van der Waals surface area contributed by atoms with Crippen molar-refractivity contribution in [1.82, 2.24) is 0 Å². The molecule has 48 heavy (non-hydrogen) atoms. The molecule has 0 unspecified atom stereocenters. The molecule has 0 saturated carbocycles. The Morgan fingerprint density at radius 1 is 0.354 bits per heavy atom. The van der Waals surface area contributed by atoms with E-state index in [0.29, 0.717) is 0 Å². The normalized spacial score (nSPS) is 10.8. The van der Waals surface area contributed by atoms with E-state index in [9.17, 15) is 0 Å². The van der Waals surface area contributed by atoms with Crippen LogP contribution in [-0.4, -0.2) is 13.3 Å². The molecule has 0 aliphatic heterocycles. The molecule has 0 atom stereocenters. The van der Waals surface area contributed by atoms with Gasteiger partial charge in [0.2, 0.25) is 0 Å². The molecule has 0 radical (unpaired) electrons. The SMILES string of the molecule is CCCCCCCCCCCCCCCC[n+]1ccccc1.CCCCCCCCCCCCCCCC[n+]1ccccc1.O=S([O-])[O-]. The van der Waals surface area contributed by atoms with Gasteiger partial charge in [0.25, 0.3) is 0 Å². The monoisotopic (exact) mass is 689 g/mol. The average molecular weight is 689 g/mol. The van der Waals surface area contributed by atoms with Crippen LogP contribution in [0.5, 0.6) is 0 Å². The standard InChI is InChI=1S/2C21H38N.H2O3S/c2*1-2-3-4-5-6-7-8-9-10-11-12-13-14-16-19-22-20-17-15-18-21-22;1-4(2)3/h2*15,17-18,20-21H,2-14,16,19H2,1H3;(H2,1,2,3)/q2*+1;/p-2. The first-order chi connectivity index (χ1) is 23.6. The van der Waals surface area contributed by atoms with Crippen LogP contribution in [0.4, 0.5) is 0 Å². The topological polar surface area (TPSA) is 71.0 Å². The maximum atomic E-state index is 8.44. The van der Waals surface area contributed by atoms with Crippen LogP contribution in [-0.2, 0) is 24.5 Å². The smallest absolute Gasteiger partial charge is 0.168 e. The molecule has 2 aromatic rings. The predicted molar refractivity (Wildman–Crippen MR) is 204 cm³/mol. The third-order valence-corrected chi connectivity index (χ3v) is 9.09. The molecule has 0 saturated heterocycles. The molecule has 2 rings (SSSR count). The molecule has 0 fully saturated rings. The van der Waals surface area contributed by atoms with Gasteiger partial charge >= 0.3 is 0 Å². The van der Waals surface area contributed by atoms with E-state index in [4.69, 9.17) is 13.3 Å². The van der Waals surface area contributed by atoms with Gasteiger partial charge in [-0.25, -0.2) is 9.13 Å². The summed E-state index contributed by atoms with van der Waals surface area (Å²) >= 11 is -3.11. The Bertz CT molecular complexity index is 813. The number of aryl methyl sites for hydroxylation is 2. The zero-order valence-corrected chi connectivity index (χ0v) is 32.3. The van der Waals surface area contributed by atoms with Crippen molar-refractivity contribution in [1.29, 1.82) is 0 Å². The molecule has 0 spiro atoms. The fraction of sp³-hybridized carbons (Fsp3) is 0.762. The van der Waals surface area contributed by atoms with E-state index in [1.165, 1.54) is 193 Å². The number of pyridine rings is 2. The Labute approximate surface area is 300 Å². The third kappa shape index (κ3) is 38.8. The van der Waals surface area contributed by atoms with E-state index in [0.717, 1.165) is 0 Å². The first-order valence-electron chi connectivity index (χ1n) is 20.2. The molecule has 0 aliphatic carbocycles. The summed E-state index contributed by atoms with van der Waals surface area (Å²) in [6.07, 6.45) is 48.8. The Hall–Kier alpha value is -1.63. The second-order valence-electron chi connectivity index (χ2n) is 13.6. The molecular formula is C42H76N2O3S. The number of nitrogens with zero attached hydrogens (tertiary/aromatic N) is 2. The first-order valence-corrected chi connectivity index (χ1v) is 21.2. The van der Waals surface area contributed by atoms with Crippen LogP contribution in [0.3, 0.4) is 0 Å². The molecular weight excluding hydrogens is 613 g/mol. The molecule has 2 aromatic heterocycles. The zero-order valence-electron chi connectivity index (χ0n) is 31.5. The Balaban J connectivity index is 0.000000827. The highest BCUT2D eigenvalue weighted by atomic mass is 32.2. The largest absolute Gasteiger partial charge is 0.784 e. The zero-order chi connectivity index (χ0) is 35.0. The lowest BCUT2D eigenvalue weighted by Crippen LogP contribution is -2.32. The van der Waals surface area contributed by atoms with Crippen molar-refractivity contribution in [3.05, 3.63) is 61.2 Å². The fourth-order valence-corrected chi connectivity index (χ4v) is 6.14. The summed E-state index contributed by atoms with van der Waals surface area (Å²) in [5.74, 6) is 0. The van der Waals surface area contributed by atoms with Crippen LogP contribution in [0.25, 0.3) is 0 Å². The summed E-state index contributed by atoms with van der Waals surface area (Å²) in [4.78, 5) is 0. The van der Waals surface area contributed by atoms with Gasteiger partial charge < -0.3 is 9.11 Å². The van der Waals surface area contributed by atoms with Crippen molar-refractivity contribution >= 4 is 11.4 Å². The van der Waals surface area contributed by atoms with Crippen LogP contribution >= 0.6 is 0 Å². The second-order valence-corrected chi connectivity index (χ2v) is 14.0. The lowest BCUT2D eigenvalue weighted by Gasteiger charge is -2.03. The number of hydrogen-bond acceptors (Lipinski definition) is 3. The minimum absolute atomic E-state index is 1.18. The van der Waals surface area contributed by atoms with Crippen LogP contribution in [0, 0.1) is 0 Å². The quantitative estimate of drug-likeness (QED) is 0.0466. The van der Waals surface area contributed by atoms with Crippen molar-refractivity contribution in [2.75, 3.05) is 0 Å². The van der Waals surface area contributed by atoms with E-state index < -0.39 is 11.4 Å². The van der Waals surface area contributed by atoms with Crippen LogP contribution < -0.4 is 9.13 Å². The van der Waals surface area contributed by atoms with Gasteiger partial charge in [0.1, 0.15) is 13.1 Å². The lowest BCUT2D eigenvalue weighted by molar-refractivity contribution is -0.697. The number of aromatic nitrogens is 2. The van der Waals surface area contributed by atoms with E-state index in [1.807, 2.05) is 0 Å². The van der Waals surface area contributed by atoms with Gasteiger partial charge in [-0.2, -0.15) is 0 Å². The summed E-state index contributed by atoms with van der Waals surface area (Å²) in [6, 6.07) is 12.6. The van der Waals surface area contributed by atoms with Crippen molar-refractivity contribution in [3.63, 3.8) is 0 Å². The maximum Gasteiger partial charge on any atom is 0.168 e. The second kappa shape index (κ2) is 39.8. The Morgan fingerprint density at radius 3 is 0.750 bits per heavy atom.